The minimum Gasteiger partial charge on any atom is -0.377 e. The predicted octanol–water partition coefficient (Wildman–Crippen LogP) is -0.913. The summed E-state index contributed by atoms with van der Waals surface area (Å²) in [5.74, 6) is 0.280. The number of carbonyl (C=O) groups is 2. The summed E-state index contributed by atoms with van der Waals surface area (Å²) >= 11 is 0. The molecule has 2 aliphatic rings. The highest BCUT2D eigenvalue weighted by Gasteiger charge is 2.35. The van der Waals surface area contributed by atoms with E-state index in [2.05, 4.69) is 5.32 Å². The Morgan fingerprint density at radius 1 is 1.50 bits per heavy atom. The molecule has 102 valence electrons. The number of likely N-dealkylation sites (N-methyl/N-ethyl adjacent to an activating group) is 1. The largest absolute Gasteiger partial charge is 0.377 e. The molecular formula is C12H21N3O3. The summed E-state index contributed by atoms with van der Waals surface area (Å²) < 4.78 is 5.26. The number of amides is 2. The number of hydrogen-bond donors (Lipinski definition) is 2. The molecule has 2 fully saturated rings. The zero-order chi connectivity index (χ0) is 13.1. The van der Waals surface area contributed by atoms with Crippen LogP contribution in [0.3, 0.4) is 0 Å². The molecule has 0 bridgehead atoms. The molecule has 3 N–H and O–H groups in total. The fourth-order valence-corrected chi connectivity index (χ4v) is 2.30. The Balaban J connectivity index is 1.94. The van der Waals surface area contributed by atoms with Gasteiger partial charge in [0.05, 0.1) is 13.2 Å². The monoisotopic (exact) mass is 255 g/mol. The maximum Gasteiger partial charge on any atom is 0.244 e. The summed E-state index contributed by atoms with van der Waals surface area (Å²) in [4.78, 5) is 25.5. The van der Waals surface area contributed by atoms with Crippen molar-refractivity contribution < 1.29 is 14.3 Å². The van der Waals surface area contributed by atoms with Crippen molar-refractivity contribution in [2.24, 2.45) is 11.7 Å². The van der Waals surface area contributed by atoms with Gasteiger partial charge in [0, 0.05) is 26.1 Å². The molecule has 1 saturated carbocycles. The average Bonchev–Trinajstić information content (AvgIpc) is 3.22. The van der Waals surface area contributed by atoms with Gasteiger partial charge in [-0.25, -0.2) is 0 Å². The molecule has 0 aromatic carbocycles. The lowest BCUT2D eigenvalue weighted by molar-refractivity contribution is -0.148. The van der Waals surface area contributed by atoms with Crippen molar-refractivity contribution in [3.8, 4) is 0 Å². The molecule has 2 rings (SSSR count). The highest BCUT2D eigenvalue weighted by molar-refractivity contribution is 5.88. The van der Waals surface area contributed by atoms with Crippen LogP contribution in [0, 0.1) is 5.92 Å². The molecule has 1 aliphatic heterocycles. The van der Waals surface area contributed by atoms with E-state index in [4.69, 9.17) is 10.5 Å². The summed E-state index contributed by atoms with van der Waals surface area (Å²) in [6, 6.07) is -0.576. The summed E-state index contributed by atoms with van der Waals surface area (Å²) in [6.07, 6.45) is 2.57. The van der Waals surface area contributed by atoms with Gasteiger partial charge in [0.25, 0.3) is 0 Å². The Kier molecular flexibility index (Phi) is 4.19. The van der Waals surface area contributed by atoms with E-state index in [1.807, 2.05) is 0 Å². The molecule has 1 aliphatic carbocycles. The first-order chi connectivity index (χ1) is 8.63. The van der Waals surface area contributed by atoms with Crippen molar-refractivity contribution in [3.63, 3.8) is 0 Å². The Morgan fingerprint density at radius 3 is 2.83 bits per heavy atom. The summed E-state index contributed by atoms with van der Waals surface area (Å²) in [5, 5.41) is 2.56. The minimum atomic E-state index is -0.511. The molecule has 0 aromatic heterocycles. The molecular weight excluding hydrogens is 234 g/mol. The Labute approximate surface area is 107 Å². The Bertz CT molecular complexity index is 331. The van der Waals surface area contributed by atoms with E-state index in [0.717, 1.165) is 12.8 Å². The van der Waals surface area contributed by atoms with Crippen molar-refractivity contribution >= 4 is 11.8 Å². The first-order valence-corrected chi connectivity index (χ1v) is 6.48. The summed E-state index contributed by atoms with van der Waals surface area (Å²) in [5.41, 5.74) is 5.96. The predicted molar refractivity (Wildman–Crippen MR) is 65.7 cm³/mol. The van der Waals surface area contributed by atoms with Gasteiger partial charge in [-0.05, 0) is 18.8 Å². The summed E-state index contributed by atoms with van der Waals surface area (Å²) in [6.45, 7) is 1.22. The van der Waals surface area contributed by atoms with Crippen LogP contribution in [-0.4, -0.2) is 55.6 Å². The molecule has 18 heavy (non-hydrogen) atoms. The minimum absolute atomic E-state index is 0.0358. The van der Waals surface area contributed by atoms with Crippen LogP contribution >= 0.6 is 0 Å². The van der Waals surface area contributed by atoms with Gasteiger partial charge < -0.3 is 20.7 Å². The first kappa shape index (κ1) is 13.3. The lowest BCUT2D eigenvalue weighted by atomic mass is 10.1. The van der Waals surface area contributed by atoms with Gasteiger partial charge in [-0.15, -0.1) is 0 Å². The number of nitrogens with one attached hydrogen (secondary N) is 1. The molecule has 1 saturated heterocycles. The fourth-order valence-electron chi connectivity index (χ4n) is 2.30. The number of hydrogen-bond acceptors (Lipinski definition) is 4. The molecule has 6 heteroatoms. The molecule has 0 spiro atoms. The van der Waals surface area contributed by atoms with Gasteiger partial charge in [0.2, 0.25) is 11.8 Å². The smallest absolute Gasteiger partial charge is 0.244 e. The lowest BCUT2D eigenvalue weighted by Crippen LogP contribution is -2.56. The number of nitrogens with zero attached hydrogens (tertiary/aromatic N) is 1. The highest BCUT2D eigenvalue weighted by Crippen LogP contribution is 2.33. The van der Waals surface area contributed by atoms with E-state index in [1.165, 1.54) is 0 Å². The third-order valence-corrected chi connectivity index (χ3v) is 3.64. The van der Waals surface area contributed by atoms with Crippen LogP contribution in [-0.2, 0) is 14.3 Å². The molecule has 0 aromatic rings. The van der Waals surface area contributed by atoms with Crippen LogP contribution in [0.1, 0.15) is 19.3 Å². The molecule has 1 heterocycles. The highest BCUT2D eigenvalue weighted by atomic mass is 16.5. The van der Waals surface area contributed by atoms with Crippen LogP contribution in [0.15, 0.2) is 0 Å². The lowest BCUT2D eigenvalue weighted by Gasteiger charge is -2.34. The van der Waals surface area contributed by atoms with Gasteiger partial charge in [0.15, 0.2) is 0 Å². The summed E-state index contributed by atoms with van der Waals surface area (Å²) in [7, 11) is 1.57. The number of rotatable bonds is 4. The molecule has 2 atom stereocenters. The van der Waals surface area contributed by atoms with E-state index in [0.29, 0.717) is 25.5 Å². The van der Waals surface area contributed by atoms with Crippen LogP contribution < -0.4 is 11.1 Å². The Morgan fingerprint density at radius 2 is 2.22 bits per heavy atom. The van der Waals surface area contributed by atoms with Crippen molar-refractivity contribution in [2.75, 3.05) is 26.8 Å². The van der Waals surface area contributed by atoms with E-state index < -0.39 is 6.04 Å². The van der Waals surface area contributed by atoms with Crippen LogP contribution in [0.5, 0.6) is 0 Å². The maximum atomic E-state index is 12.2. The zero-order valence-electron chi connectivity index (χ0n) is 10.7. The van der Waals surface area contributed by atoms with E-state index in [-0.39, 0.29) is 24.5 Å². The standard InChI is InChI=1S/C12H21N3O3/c1-14-12(17)10-7-18-5-4-15(10)11(16)6-9(13)8-2-3-8/h8-10H,2-7,13H2,1H3,(H,14,17). The number of nitrogens with two attached hydrogens (primary N) is 1. The van der Waals surface area contributed by atoms with Gasteiger partial charge >= 0.3 is 0 Å². The van der Waals surface area contributed by atoms with E-state index >= 15 is 0 Å². The van der Waals surface area contributed by atoms with Crippen LogP contribution in [0.2, 0.25) is 0 Å². The van der Waals surface area contributed by atoms with E-state index in [1.54, 1.807) is 11.9 Å². The van der Waals surface area contributed by atoms with Gasteiger partial charge in [-0.1, -0.05) is 0 Å². The third-order valence-electron chi connectivity index (χ3n) is 3.64. The number of ether oxygens (including phenoxy) is 1. The van der Waals surface area contributed by atoms with Crippen molar-refractivity contribution in [1.29, 1.82) is 0 Å². The van der Waals surface area contributed by atoms with Gasteiger partial charge in [-0.3, -0.25) is 9.59 Å². The van der Waals surface area contributed by atoms with E-state index in [9.17, 15) is 9.59 Å². The average molecular weight is 255 g/mol. The van der Waals surface area contributed by atoms with Crippen molar-refractivity contribution in [1.82, 2.24) is 10.2 Å². The molecule has 6 nitrogen and oxygen atoms in total. The second-order valence-corrected chi connectivity index (χ2v) is 5.00. The molecule has 0 radical (unpaired) electrons. The third kappa shape index (κ3) is 3.00. The second kappa shape index (κ2) is 5.67. The molecule has 2 unspecified atom stereocenters. The first-order valence-electron chi connectivity index (χ1n) is 6.48. The van der Waals surface area contributed by atoms with Gasteiger partial charge in [-0.2, -0.15) is 0 Å². The maximum absolute atomic E-state index is 12.2. The second-order valence-electron chi connectivity index (χ2n) is 5.00. The van der Waals surface area contributed by atoms with Gasteiger partial charge in [0.1, 0.15) is 6.04 Å². The van der Waals surface area contributed by atoms with Crippen LogP contribution in [0.25, 0.3) is 0 Å². The topological polar surface area (TPSA) is 84.7 Å². The number of carbonyl (C=O) groups excluding carboxylic acids is 2. The quantitative estimate of drug-likeness (QED) is 0.681. The van der Waals surface area contributed by atoms with Crippen LogP contribution in [0.4, 0.5) is 0 Å². The number of morpholine rings is 1. The van der Waals surface area contributed by atoms with Crippen molar-refractivity contribution in [3.05, 3.63) is 0 Å². The zero-order valence-corrected chi connectivity index (χ0v) is 10.7. The normalized spacial score (nSPS) is 25.7. The Hall–Kier alpha value is -1.14. The van der Waals surface area contributed by atoms with Crippen molar-refractivity contribution in [2.45, 2.75) is 31.3 Å². The SMILES string of the molecule is CNC(=O)C1COCCN1C(=O)CC(N)C1CC1. The fraction of sp³-hybridized carbons (Fsp3) is 0.833. The molecule has 2 amide bonds.